The van der Waals surface area contributed by atoms with Crippen molar-refractivity contribution < 1.29 is 9.90 Å². The number of carbonyl (C=O) groups excluding carboxylic acids is 1. The Morgan fingerprint density at radius 1 is 1.47 bits per heavy atom. The molecule has 2 N–H and O–H groups in total. The lowest BCUT2D eigenvalue weighted by Gasteiger charge is -2.38. The Bertz CT molecular complexity index is 420. The standard InChI is InChI=1S/C13H22N4O2/c1-3-11(9-18)16-4-6-17(7-5-16)13(19)12-8-10(2)14-15-12/h8,11,18H,3-7,9H2,1-2H3,(H,14,15). The van der Waals surface area contributed by atoms with E-state index in [4.69, 9.17) is 0 Å². The molecule has 2 heterocycles. The highest BCUT2D eigenvalue weighted by Gasteiger charge is 2.26. The Morgan fingerprint density at radius 2 is 2.16 bits per heavy atom. The van der Waals surface area contributed by atoms with Gasteiger partial charge in [0, 0.05) is 37.9 Å². The Kier molecular flexibility index (Phi) is 4.55. The number of carbonyl (C=O) groups is 1. The number of aryl methyl sites for hydroxylation is 1. The Morgan fingerprint density at radius 3 is 2.63 bits per heavy atom. The van der Waals surface area contributed by atoms with Crippen molar-refractivity contribution in [2.75, 3.05) is 32.8 Å². The lowest BCUT2D eigenvalue weighted by Crippen LogP contribution is -2.52. The van der Waals surface area contributed by atoms with Crippen LogP contribution in [0.25, 0.3) is 0 Å². The number of H-pyrrole nitrogens is 1. The molecule has 6 heteroatoms. The summed E-state index contributed by atoms with van der Waals surface area (Å²) >= 11 is 0. The van der Waals surface area contributed by atoms with Crippen molar-refractivity contribution >= 4 is 5.91 Å². The third-order valence-electron chi connectivity index (χ3n) is 3.72. The average Bonchev–Trinajstić information content (AvgIpc) is 2.87. The van der Waals surface area contributed by atoms with Crippen LogP contribution in [-0.4, -0.2) is 69.8 Å². The van der Waals surface area contributed by atoms with E-state index in [1.807, 2.05) is 11.8 Å². The summed E-state index contributed by atoms with van der Waals surface area (Å²) in [7, 11) is 0. The van der Waals surface area contributed by atoms with E-state index in [9.17, 15) is 9.90 Å². The lowest BCUT2D eigenvalue weighted by molar-refractivity contribution is 0.0468. The molecule has 1 aromatic heterocycles. The average molecular weight is 266 g/mol. The molecule has 1 saturated heterocycles. The van der Waals surface area contributed by atoms with E-state index in [-0.39, 0.29) is 18.6 Å². The first-order valence-electron chi connectivity index (χ1n) is 6.82. The minimum Gasteiger partial charge on any atom is -0.395 e. The molecule has 0 bridgehead atoms. The van der Waals surface area contributed by atoms with E-state index < -0.39 is 0 Å². The molecule has 0 aromatic carbocycles. The van der Waals surface area contributed by atoms with Crippen LogP contribution in [-0.2, 0) is 0 Å². The van der Waals surface area contributed by atoms with Gasteiger partial charge >= 0.3 is 0 Å². The van der Waals surface area contributed by atoms with Gasteiger partial charge in [-0.25, -0.2) is 0 Å². The van der Waals surface area contributed by atoms with Gasteiger partial charge < -0.3 is 10.0 Å². The van der Waals surface area contributed by atoms with Crippen LogP contribution < -0.4 is 0 Å². The number of hydrogen-bond donors (Lipinski definition) is 2. The fourth-order valence-electron chi connectivity index (χ4n) is 2.48. The molecule has 1 aliphatic heterocycles. The molecule has 2 rings (SSSR count). The first-order valence-corrected chi connectivity index (χ1v) is 6.82. The maximum atomic E-state index is 12.2. The number of aliphatic hydroxyl groups excluding tert-OH is 1. The van der Waals surface area contributed by atoms with E-state index in [2.05, 4.69) is 22.0 Å². The van der Waals surface area contributed by atoms with Gasteiger partial charge in [-0.15, -0.1) is 0 Å². The minimum absolute atomic E-state index is 0.0129. The highest BCUT2D eigenvalue weighted by atomic mass is 16.3. The van der Waals surface area contributed by atoms with Gasteiger partial charge in [0.2, 0.25) is 0 Å². The molecule has 1 amide bonds. The van der Waals surface area contributed by atoms with Crippen LogP contribution in [0.1, 0.15) is 29.5 Å². The van der Waals surface area contributed by atoms with E-state index in [1.54, 1.807) is 6.07 Å². The van der Waals surface area contributed by atoms with E-state index in [0.29, 0.717) is 18.8 Å². The number of hydrogen-bond acceptors (Lipinski definition) is 4. The van der Waals surface area contributed by atoms with Crippen molar-refractivity contribution in [1.82, 2.24) is 20.0 Å². The first kappa shape index (κ1) is 14.0. The highest BCUT2D eigenvalue weighted by molar-refractivity contribution is 5.92. The zero-order chi connectivity index (χ0) is 13.8. The first-order chi connectivity index (χ1) is 9.15. The van der Waals surface area contributed by atoms with Crippen LogP contribution in [0, 0.1) is 6.92 Å². The predicted molar refractivity (Wildman–Crippen MR) is 72.0 cm³/mol. The van der Waals surface area contributed by atoms with Crippen molar-refractivity contribution in [1.29, 1.82) is 0 Å². The van der Waals surface area contributed by atoms with Gasteiger partial charge in [0.1, 0.15) is 5.69 Å². The number of aromatic nitrogens is 2. The number of aromatic amines is 1. The van der Waals surface area contributed by atoms with Crippen LogP contribution in [0.2, 0.25) is 0 Å². The van der Waals surface area contributed by atoms with E-state index in [0.717, 1.165) is 25.2 Å². The van der Waals surface area contributed by atoms with Gasteiger partial charge in [-0.1, -0.05) is 6.92 Å². The smallest absolute Gasteiger partial charge is 0.274 e. The lowest BCUT2D eigenvalue weighted by atomic mass is 10.1. The zero-order valence-electron chi connectivity index (χ0n) is 11.6. The van der Waals surface area contributed by atoms with Gasteiger partial charge in [-0.2, -0.15) is 5.10 Å². The highest BCUT2D eigenvalue weighted by Crippen LogP contribution is 2.11. The van der Waals surface area contributed by atoms with E-state index >= 15 is 0 Å². The largest absolute Gasteiger partial charge is 0.395 e. The normalized spacial score (nSPS) is 18.6. The molecule has 1 unspecified atom stereocenters. The molecule has 6 nitrogen and oxygen atoms in total. The van der Waals surface area contributed by atoms with Gasteiger partial charge in [0.15, 0.2) is 0 Å². The van der Waals surface area contributed by atoms with Crippen LogP contribution >= 0.6 is 0 Å². The molecule has 0 saturated carbocycles. The number of aliphatic hydroxyl groups is 1. The summed E-state index contributed by atoms with van der Waals surface area (Å²) in [5.41, 5.74) is 1.38. The predicted octanol–water partition coefficient (Wildman–Crippen LogP) is 0.247. The summed E-state index contributed by atoms with van der Waals surface area (Å²) in [5, 5.41) is 16.1. The molecule has 19 heavy (non-hydrogen) atoms. The third kappa shape index (κ3) is 3.13. The SMILES string of the molecule is CCC(CO)N1CCN(C(=O)c2cc(C)[nH]n2)CC1. The summed E-state index contributed by atoms with van der Waals surface area (Å²) in [6.07, 6.45) is 0.934. The molecule has 1 atom stereocenters. The monoisotopic (exact) mass is 266 g/mol. The Hall–Kier alpha value is -1.40. The summed E-state index contributed by atoms with van der Waals surface area (Å²) in [4.78, 5) is 16.3. The molecular formula is C13H22N4O2. The summed E-state index contributed by atoms with van der Waals surface area (Å²) < 4.78 is 0. The second kappa shape index (κ2) is 6.16. The van der Waals surface area contributed by atoms with Gasteiger partial charge in [-0.3, -0.25) is 14.8 Å². The maximum Gasteiger partial charge on any atom is 0.274 e. The van der Waals surface area contributed by atoms with Crippen molar-refractivity contribution in [3.63, 3.8) is 0 Å². The summed E-state index contributed by atoms with van der Waals surface area (Å²) in [5.74, 6) is -0.0129. The number of piperazine rings is 1. The van der Waals surface area contributed by atoms with Crippen molar-refractivity contribution in [2.24, 2.45) is 0 Å². The fourth-order valence-corrected chi connectivity index (χ4v) is 2.48. The summed E-state index contributed by atoms with van der Waals surface area (Å²) in [6.45, 7) is 7.16. The van der Waals surface area contributed by atoms with Crippen LogP contribution in [0.5, 0.6) is 0 Å². The van der Waals surface area contributed by atoms with Crippen molar-refractivity contribution in [2.45, 2.75) is 26.3 Å². The molecule has 0 aliphatic carbocycles. The second-order valence-corrected chi connectivity index (χ2v) is 5.01. The van der Waals surface area contributed by atoms with Crippen molar-refractivity contribution in [3.05, 3.63) is 17.5 Å². The number of nitrogens with one attached hydrogen (secondary N) is 1. The third-order valence-corrected chi connectivity index (χ3v) is 3.72. The molecule has 0 radical (unpaired) electrons. The Balaban J connectivity index is 1.91. The van der Waals surface area contributed by atoms with Gasteiger partial charge in [-0.05, 0) is 19.4 Å². The molecule has 1 aromatic rings. The molecule has 1 fully saturated rings. The summed E-state index contributed by atoms with van der Waals surface area (Å²) in [6, 6.07) is 1.99. The minimum atomic E-state index is -0.0129. The molecule has 1 aliphatic rings. The second-order valence-electron chi connectivity index (χ2n) is 5.01. The van der Waals surface area contributed by atoms with Crippen LogP contribution in [0.4, 0.5) is 0 Å². The molecule has 0 spiro atoms. The fraction of sp³-hybridized carbons (Fsp3) is 0.692. The maximum absolute atomic E-state index is 12.2. The quantitative estimate of drug-likeness (QED) is 0.819. The van der Waals surface area contributed by atoms with Crippen molar-refractivity contribution in [3.8, 4) is 0 Å². The molecular weight excluding hydrogens is 244 g/mol. The Labute approximate surface area is 113 Å². The number of rotatable bonds is 4. The van der Waals surface area contributed by atoms with Gasteiger partial charge in [0.05, 0.1) is 6.61 Å². The van der Waals surface area contributed by atoms with Crippen LogP contribution in [0.3, 0.4) is 0 Å². The van der Waals surface area contributed by atoms with E-state index in [1.165, 1.54) is 0 Å². The number of nitrogens with zero attached hydrogens (tertiary/aromatic N) is 3. The zero-order valence-corrected chi connectivity index (χ0v) is 11.6. The number of amides is 1. The molecule has 106 valence electrons. The van der Waals surface area contributed by atoms with Gasteiger partial charge in [0.25, 0.3) is 5.91 Å². The topological polar surface area (TPSA) is 72.5 Å². The van der Waals surface area contributed by atoms with Crippen LogP contribution in [0.15, 0.2) is 6.07 Å².